The average molecular weight is 442 g/mol. The summed E-state index contributed by atoms with van der Waals surface area (Å²) in [4.78, 5) is 22.2. The zero-order valence-electron chi connectivity index (χ0n) is 16.3. The Morgan fingerprint density at radius 2 is 2.03 bits per heavy atom. The molecule has 3 aromatic rings. The molecule has 3 rings (SSSR count). The summed E-state index contributed by atoms with van der Waals surface area (Å²) in [7, 11) is 1.57. The monoisotopic (exact) mass is 442 g/mol. The van der Waals surface area contributed by atoms with Crippen molar-refractivity contribution in [1.29, 1.82) is 0 Å². The normalized spacial score (nSPS) is 10.7. The third-order valence-electron chi connectivity index (χ3n) is 3.87. The Kier molecular flexibility index (Phi) is 7.01. The van der Waals surface area contributed by atoms with Gasteiger partial charge in [0.2, 0.25) is 11.1 Å². The van der Waals surface area contributed by atoms with E-state index in [1.807, 2.05) is 24.3 Å². The first-order chi connectivity index (χ1) is 15.0. The maximum absolute atomic E-state index is 12.1. The first-order valence-corrected chi connectivity index (χ1v) is 9.76. The molecule has 0 bridgehead atoms. The Morgan fingerprint density at radius 1 is 1.29 bits per heavy atom. The molecule has 0 aliphatic carbocycles. The number of non-ortho nitro benzene ring substituents is 1. The number of anilines is 2. The number of hydrazone groups is 1. The van der Waals surface area contributed by atoms with Crippen LogP contribution in [0.5, 0.6) is 5.75 Å². The molecule has 0 fully saturated rings. The number of nitrogens with two attached hydrogens (primary N) is 1. The third kappa shape index (κ3) is 5.70. The zero-order valence-corrected chi connectivity index (χ0v) is 17.1. The van der Waals surface area contributed by atoms with Crippen molar-refractivity contribution in [3.63, 3.8) is 0 Å². The van der Waals surface area contributed by atoms with Crippen LogP contribution >= 0.6 is 11.8 Å². The zero-order chi connectivity index (χ0) is 22.2. The van der Waals surface area contributed by atoms with Gasteiger partial charge in [0.1, 0.15) is 5.75 Å². The van der Waals surface area contributed by atoms with E-state index < -0.39 is 4.92 Å². The summed E-state index contributed by atoms with van der Waals surface area (Å²) in [5, 5.41) is 25.5. The van der Waals surface area contributed by atoms with Crippen LogP contribution in [0, 0.1) is 10.1 Å². The van der Waals surface area contributed by atoms with Crippen molar-refractivity contribution in [3.05, 3.63) is 64.2 Å². The van der Waals surface area contributed by atoms with Crippen molar-refractivity contribution < 1.29 is 14.5 Å². The van der Waals surface area contributed by atoms with Gasteiger partial charge in [-0.05, 0) is 24.3 Å². The highest BCUT2D eigenvalue weighted by molar-refractivity contribution is 7.99. The highest BCUT2D eigenvalue weighted by atomic mass is 32.2. The second kappa shape index (κ2) is 10.1. The number of nitrogen functional groups attached to an aromatic ring is 1. The summed E-state index contributed by atoms with van der Waals surface area (Å²) in [6.07, 6.45) is 1.55. The van der Waals surface area contributed by atoms with Crippen molar-refractivity contribution in [2.24, 2.45) is 5.10 Å². The molecule has 0 spiro atoms. The van der Waals surface area contributed by atoms with Crippen LogP contribution in [-0.4, -0.2) is 44.8 Å². The van der Waals surface area contributed by atoms with E-state index in [0.29, 0.717) is 16.6 Å². The Hall–Kier alpha value is -4.13. The van der Waals surface area contributed by atoms with E-state index >= 15 is 0 Å². The van der Waals surface area contributed by atoms with E-state index in [2.05, 4.69) is 26.0 Å². The fourth-order valence-corrected chi connectivity index (χ4v) is 3.03. The Balaban J connectivity index is 1.53. The summed E-state index contributed by atoms with van der Waals surface area (Å²) >= 11 is 1.07. The molecule has 0 saturated heterocycles. The molecule has 1 heterocycles. The number of carbonyl (C=O) groups excluding carboxylic acids is 1. The summed E-state index contributed by atoms with van der Waals surface area (Å²) in [6.45, 7) is 0. The highest BCUT2D eigenvalue weighted by Gasteiger charge is 2.13. The summed E-state index contributed by atoms with van der Waals surface area (Å²) in [5.41, 5.74) is 3.83. The molecule has 13 heteroatoms. The van der Waals surface area contributed by atoms with Crippen LogP contribution in [0.3, 0.4) is 0 Å². The molecule has 0 aliphatic rings. The van der Waals surface area contributed by atoms with Gasteiger partial charge in [0.05, 0.1) is 24.0 Å². The van der Waals surface area contributed by atoms with Crippen LogP contribution in [0.1, 0.15) is 5.56 Å². The number of nitrogens with one attached hydrogen (secondary N) is 2. The second-order valence-corrected chi connectivity index (χ2v) is 6.87. The van der Waals surface area contributed by atoms with Gasteiger partial charge in [-0.2, -0.15) is 5.10 Å². The van der Waals surface area contributed by atoms with Gasteiger partial charge in [-0.15, -0.1) is 10.2 Å². The maximum Gasteiger partial charge on any atom is 0.269 e. The number of hydrogen-bond acceptors (Lipinski definition) is 10. The van der Waals surface area contributed by atoms with Gasteiger partial charge >= 0.3 is 0 Å². The number of nitrogens with zero attached hydrogens (tertiary/aromatic N) is 5. The average Bonchev–Trinajstić information content (AvgIpc) is 3.12. The number of aromatic nitrogens is 3. The minimum absolute atomic E-state index is 0.0107. The predicted molar refractivity (Wildman–Crippen MR) is 117 cm³/mol. The molecule has 0 radical (unpaired) electrons. The standard InChI is InChI=1S/C18H18N8O4S/c1-30-15-5-3-2-4-12(15)10-20-22-17-23-24-18(25(17)19)31-11-16(27)21-13-6-8-14(9-7-13)26(28)29/h2-10H,11,19H2,1H3,(H,21,27)(H,22,23)/b20-10+. The number of thioether (sulfide) groups is 1. The molecule has 160 valence electrons. The Bertz CT molecular complexity index is 1100. The smallest absolute Gasteiger partial charge is 0.269 e. The molecule has 0 aliphatic heterocycles. The van der Waals surface area contributed by atoms with Gasteiger partial charge in [0.25, 0.3) is 11.6 Å². The fourth-order valence-electron chi connectivity index (χ4n) is 2.38. The fraction of sp³-hybridized carbons (Fsp3) is 0.111. The topological polar surface area (TPSA) is 163 Å². The second-order valence-electron chi connectivity index (χ2n) is 5.93. The highest BCUT2D eigenvalue weighted by Crippen LogP contribution is 2.19. The number of rotatable bonds is 9. The number of methoxy groups -OCH3 is 1. The molecular formula is C18H18N8O4S. The lowest BCUT2D eigenvalue weighted by molar-refractivity contribution is -0.384. The van der Waals surface area contributed by atoms with Crippen LogP contribution in [0.15, 0.2) is 58.8 Å². The van der Waals surface area contributed by atoms with E-state index in [4.69, 9.17) is 10.6 Å². The molecule has 1 aromatic heterocycles. The van der Waals surface area contributed by atoms with E-state index in [1.54, 1.807) is 13.3 Å². The van der Waals surface area contributed by atoms with Gasteiger partial charge < -0.3 is 15.9 Å². The van der Waals surface area contributed by atoms with Crippen molar-refractivity contribution >= 4 is 41.2 Å². The van der Waals surface area contributed by atoms with Crippen LogP contribution in [0.4, 0.5) is 17.3 Å². The molecule has 0 unspecified atom stereocenters. The first kappa shape index (κ1) is 21.6. The van der Waals surface area contributed by atoms with Crippen LogP contribution in [-0.2, 0) is 4.79 Å². The lowest BCUT2D eigenvalue weighted by Crippen LogP contribution is -2.16. The molecule has 31 heavy (non-hydrogen) atoms. The summed E-state index contributed by atoms with van der Waals surface area (Å²) < 4.78 is 6.41. The molecule has 2 aromatic carbocycles. The largest absolute Gasteiger partial charge is 0.496 e. The molecule has 0 atom stereocenters. The Labute approximate surface area is 180 Å². The predicted octanol–water partition coefficient (Wildman–Crippen LogP) is 2.09. The maximum atomic E-state index is 12.1. The van der Waals surface area contributed by atoms with Gasteiger partial charge in [-0.1, -0.05) is 23.9 Å². The lowest BCUT2D eigenvalue weighted by atomic mass is 10.2. The van der Waals surface area contributed by atoms with E-state index in [0.717, 1.165) is 17.3 Å². The first-order valence-electron chi connectivity index (χ1n) is 8.77. The van der Waals surface area contributed by atoms with E-state index in [1.165, 1.54) is 28.9 Å². The van der Waals surface area contributed by atoms with E-state index in [-0.39, 0.29) is 23.3 Å². The van der Waals surface area contributed by atoms with Crippen molar-refractivity contribution in [3.8, 4) is 5.75 Å². The van der Waals surface area contributed by atoms with Crippen LogP contribution in [0.2, 0.25) is 0 Å². The SMILES string of the molecule is COc1ccccc1/C=N/Nc1nnc(SCC(=O)Nc2ccc([N+](=O)[O-])cc2)n1N. The number of amides is 1. The lowest BCUT2D eigenvalue weighted by Gasteiger charge is -2.05. The molecule has 12 nitrogen and oxygen atoms in total. The van der Waals surface area contributed by atoms with Gasteiger partial charge in [-0.25, -0.2) is 10.1 Å². The van der Waals surface area contributed by atoms with Gasteiger partial charge in [0, 0.05) is 23.4 Å². The number of nitro groups is 1. The van der Waals surface area contributed by atoms with Gasteiger partial charge in [0.15, 0.2) is 0 Å². The molecule has 1 amide bonds. The number of nitro benzene ring substituents is 1. The van der Waals surface area contributed by atoms with Gasteiger partial charge in [-0.3, -0.25) is 14.9 Å². The number of carbonyl (C=O) groups is 1. The van der Waals surface area contributed by atoms with Crippen molar-refractivity contribution in [2.75, 3.05) is 29.4 Å². The van der Waals surface area contributed by atoms with Crippen molar-refractivity contribution in [2.45, 2.75) is 5.16 Å². The van der Waals surface area contributed by atoms with E-state index in [9.17, 15) is 14.9 Å². The summed E-state index contributed by atoms with van der Waals surface area (Å²) in [5.74, 6) is 6.47. The van der Waals surface area contributed by atoms with Crippen molar-refractivity contribution in [1.82, 2.24) is 14.9 Å². The number of ether oxygens (including phenoxy) is 1. The number of benzene rings is 2. The van der Waals surface area contributed by atoms with Crippen LogP contribution < -0.4 is 21.3 Å². The Morgan fingerprint density at radius 3 is 2.74 bits per heavy atom. The minimum atomic E-state index is -0.512. The molecular weight excluding hydrogens is 424 g/mol. The number of para-hydroxylation sites is 1. The summed E-state index contributed by atoms with van der Waals surface area (Å²) in [6, 6.07) is 12.9. The third-order valence-corrected chi connectivity index (χ3v) is 4.81. The quantitative estimate of drug-likeness (QED) is 0.148. The minimum Gasteiger partial charge on any atom is -0.496 e. The number of hydrogen-bond donors (Lipinski definition) is 3. The van der Waals surface area contributed by atoms with Crippen LogP contribution in [0.25, 0.3) is 0 Å². The molecule has 0 saturated carbocycles. The molecule has 4 N–H and O–H groups in total.